The highest BCUT2D eigenvalue weighted by atomic mass is 19.4. The van der Waals surface area contributed by atoms with Gasteiger partial charge in [0.2, 0.25) is 0 Å². The molecular formula is C29H34F3N3O5. The summed E-state index contributed by atoms with van der Waals surface area (Å²) in [6.45, 7) is 7.70. The van der Waals surface area contributed by atoms with Crippen molar-refractivity contribution in [3.8, 4) is 17.0 Å². The molecule has 40 heavy (non-hydrogen) atoms. The SMILES string of the molecule is CC1=C[C@]23C(O)[C@@H](C=C(CO)C(O)[C@]2(O)[C@H]1n1cc(-c2ccc(OC(F)(F)F)cc2)nn1)[C@H]1[C@@H](C[C@H]3C)C1(C)C. The lowest BCUT2D eigenvalue weighted by atomic mass is 9.58. The lowest BCUT2D eigenvalue weighted by molar-refractivity contribution is -0.274. The zero-order chi connectivity index (χ0) is 29.0. The summed E-state index contributed by atoms with van der Waals surface area (Å²) in [6, 6.07) is 4.27. The van der Waals surface area contributed by atoms with Crippen molar-refractivity contribution in [3.05, 3.63) is 53.8 Å². The molecular weight excluding hydrogens is 527 g/mol. The maximum Gasteiger partial charge on any atom is 0.573 e. The molecule has 1 aromatic carbocycles. The number of alkyl halides is 3. The van der Waals surface area contributed by atoms with E-state index in [-0.39, 0.29) is 34.5 Å². The van der Waals surface area contributed by atoms with E-state index >= 15 is 0 Å². The lowest BCUT2D eigenvalue weighted by Gasteiger charge is -2.52. The zero-order valence-electron chi connectivity index (χ0n) is 22.7. The Kier molecular flexibility index (Phi) is 5.93. The smallest absolute Gasteiger partial charge is 0.406 e. The van der Waals surface area contributed by atoms with Crippen molar-refractivity contribution in [2.75, 3.05) is 6.61 Å². The Balaban J connectivity index is 1.42. The van der Waals surface area contributed by atoms with Crippen LogP contribution < -0.4 is 4.74 Å². The second kappa shape index (κ2) is 8.64. The molecule has 216 valence electrons. The van der Waals surface area contributed by atoms with E-state index in [1.165, 1.54) is 28.9 Å². The second-order valence-corrected chi connectivity index (χ2v) is 12.6. The molecule has 2 aromatic rings. The van der Waals surface area contributed by atoms with E-state index in [0.717, 1.165) is 6.42 Å². The van der Waals surface area contributed by atoms with Gasteiger partial charge in [0.05, 0.1) is 24.3 Å². The number of rotatable bonds is 4. The third-order valence-corrected chi connectivity index (χ3v) is 10.4. The van der Waals surface area contributed by atoms with Gasteiger partial charge in [-0.05, 0) is 71.9 Å². The zero-order valence-corrected chi connectivity index (χ0v) is 22.7. The van der Waals surface area contributed by atoms with Gasteiger partial charge in [-0.2, -0.15) is 0 Å². The number of aliphatic hydroxyl groups excluding tert-OH is 3. The molecule has 11 heteroatoms. The highest BCUT2D eigenvalue weighted by Gasteiger charge is 2.75. The molecule has 8 nitrogen and oxygen atoms in total. The molecule has 0 amide bonds. The second-order valence-electron chi connectivity index (χ2n) is 12.6. The van der Waals surface area contributed by atoms with Crippen molar-refractivity contribution >= 4 is 0 Å². The van der Waals surface area contributed by atoms with Crippen LogP contribution in [0.25, 0.3) is 11.3 Å². The van der Waals surface area contributed by atoms with Crippen LogP contribution in [0, 0.1) is 34.5 Å². The van der Waals surface area contributed by atoms with Gasteiger partial charge in [0, 0.05) is 11.5 Å². The van der Waals surface area contributed by atoms with Crippen LogP contribution in [-0.4, -0.2) is 66.2 Å². The molecule has 0 radical (unpaired) electrons. The van der Waals surface area contributed by atoms with Crippen LogP contribution in [-0.2, 0) is 0 Å². The minimum absolute atomic E-state index is 0.00967. The van der Waals surface area contributed by atoms with Crippen LogP contribution in [0.1, 0.15) is 40.2 Å². The van der Waals surface area contributed by atoms with Gasteiger partial charge in [0.1, 0.15) is 29.2 Å². The predicted octanol–water partition coefficient (Wildman–Crippen LogP) is 3.64. The van der Waals surface area contributed by atoms with Crippen LogP contribution in [0.4, 0.5) is 13.2 Å². The van der Waals surface area contributed by atoms with Crippen molar-refractivity contribution < 1.29 is 38.3 Å². The molecule has 2 fully saturated rings. The first kappa shape index (κ1) is 27.4. The van der Waals surface area contributed by atoms with E-state index in [9.17, 15) is 33.6 Å². The quantitative estimate of drug-likeness (QED) is 0.421. The van der Waals surface area contributed by atoms with Gasteiger partial charge in [-0.1, -0.05) is 38.1 Å². The number of fused-ring (bicyclic) bond motifs is 3. The molecule has 1 heterocycles. The van der Waals surface area contributed by atoms with Crippen LogP contribution in [0.15, 0.2) is 53.8 Å². The van der Waals surface area contributed by atoms with Crippen LogP contribution in [0.2, 0.25) is 0 Å². The van der Waals surface area contributed by atoms with Gasteiger partial charge in [-0.15, -0.1) is 18.3 Å². The molecule has 2 saturated carbocycles. The van der Waals surface area contributed by atoms with E-state index in [0.29, 0.717) is 22.7 Å². The minimum Gasteiger partial charge on any atom is -0.406 e. The largest absolute Gasteiger partial charge is 0.573 e. The highest BCUT2D eigenvalue weighted by Crippen LogP contribution is 2.73. The number of benzene rings is 1. The van der Waals surface area contributed by atoms with Gasteiger partial charge in [0.25, 0.3) is 0 Å². The minimum atomic E-state index is -4.81. The van der Waals surface area contributed by atoms with Crippen molar-refractivity contribution in [1.29, 1.82) is 0 Å². The molecule has 6 rings (SSSR count). The monoisotopic (exact) mass is 561 g/mol. The molecule has 0 aliphatic heterocycles. The standard InChI is InChI=1S/C29H34F3N3O5/c1-14-11-27-15(2)9-20-22(26(20,3)4)19(25(27)38)10-17(13-36)24(37)28(27,39)23(14)35-12-21(33-34-35)16-5-7-18(8-6-16)40-29(30,31)32/h5-8,10-12,15,19-20,22-25,36-39H,9,13H2,1-4H3/t15-,19+,20-,22+,23+,24?,25?,27+,28-/m1/s1. The molecule has 9 atom stereocenters. The van der Waals surface area contributed by atoms with E-state index in [2.05, 4.69) is 28.9 Å². The van der Waals surface area contributed by atoms with E-state index in [1.807, 2.05) is 19.9 Å². The topological polar surface area (TPSA) is 121 Å². The van der Waals surface area contributed by atoms with Crippen LogP contribution in [0.3, 0.4) is 0 Å². The van der Waals surface area contributed by atoms with Gasteiger partial charge < -0.3 is 25.2 Å². The molecule has 2 bridgehead atoms. The number of hydrogen-bond acceptors (Lipinski definition) is 7. The van der Waals surface area contributed by atoms with Gasteiger partial charge in [-0.3, -0.25) is 0 Å². The Morgan fingerprint density at radius 1 is 1.15 bits per heavy atom. The van der Waals surface area contributed by atoms with E-state index in [4.69, 9.17) is 0 Å². The number of aliphatic hydroxyl groups is 4. The third-order valence-electron chi connectivity index (χ3n) is 10.4. The normalized spacial score (nSPS) is 39.8. The molecule has 1 aromatic heterocycles. The predicted molar refractivity (Wildman–Crippen MR) is 138 cm³/mol. The molecule has 4 aliphatic carbocycles. The number of aromatic nitrogens is 3. The summed E-state index contributed by atoms with van der Waals surface area (Å²) in [5.74, 6) is -0.464. The average molecular weight is 562 g/mol. The van der Waals surface area contributed by atoms with Crippen molar-refractivity contribution in [3.63, 3.8) is 0 Å². The van der Waals surface area contributed by atoms with Crippen LogP contribution >= 0.6 is 0 Å². The molecule has 1 spiro atoms. The fourth-order valence-corrected chi connectivity index (χ4v) is 8.51. The summed E-state index contributed by atoms with van der Waals surface area (Å²) >= 11 is 0. The molecule has 2 unspecified atom stereocenters. The summed E-state index contributed by atoms with van der Waals surface area (Å²) < 4.78 is 43.1. The fraction of sp³-hybridized carbons (Fsp3) is 0.586. The van der Waals surface area contributed by atoms with Crippen molar-refractivity contribution in [1.82, 2.24) is 15.0 Å². The highest BCUT2D eigenvalue weighted by molar-refractivity contribution is 5.59. The van der Waals surface area contributed by atoms with Crippen LogP contribution in [0.5, 0.6) is 5.75 Å². The van der Waals surface area contributed by atoms with Gasteiger partial charge >= 0.3 is 6.36 Å². The van der Waals surface area contributed by atoms with Gasteiger partial charge in [-0.25, -0.2) is 4.68 Å². The maximum atomic E-state index is 12.7. The number of hydrogen-bond donors (Lipinski definition) is 4. The van der Waals surface area contributed by atoms with E-state index < -0.39 is 42.2 Å². The maximum absolute atomic E-state index is 12.7. The summed E-state index contributed by atoms with van der Waals surface area (Å²) in [6.07, 6.45) is -1.35. The number of ether oxygens (including phenoxy) is 1. The Bertz CT molecular complexity index is 1390. The first-order valence-electron chi connectivity index (χ1n) is 13.5. The lowest BCUT2D eigenvalue weighted by Crippen LogP contribution is -2.64. The summed E-state index contributed by atoms with van der Waals surface area (Å²) in [5, 5.41) is 55.4. The Hall–Kier alpha value is -2.73. The molecule has 4 aliphatic rings. The fourth-order valence-electron chi connectivity index (χ4n) is 8.51. The number of nitrogens with zero attached hydrogens (tertiary/aromatic N) is 3. The molecule has 0 saturated heterocycles. The number of halogens is 3. The summed E-state index contributed by atoms with van der Waals surface area (Å²) in [4.78, 5) is 0. The average Bonchev–Trinajstić information content (AvgIpc) is 3.17. The van der Waals surface area contributed by atoms with Crippen molar-refractivity contribution in [2.24, 2.45) is 34.5 Å². The van der Waals surface area contributed by atoms with Crippen molar-refractivity contribution in [2.45, 2.75) is 64.3 Å². The first-order chi connectivity index (χ1) is 18.7. The Labute approximate surface area is 229 Å². The Morgan fingerprint density at radius 2 is 1.82 bits per heavy atom. The first-order valence-corrected chi connectivity index (χ1v) is 13.5. The van der Waals surface area contributed by atoms with Gasteiger partial charge in [0.15, 0.2) is 0 Å². The van der Waals surface area contributed by atoms with E-state index in [1.54, 1.807) is 12.3 Å². The summed E-state index contributed by atoms with van der Waals surface area (Å²) in [5.41, 5.74) is -1.44. The molecule has 4 N–H and O–H groups in total. The summed E-state index contributed by atoms with van der Waals surface area (Å²) in [7, 11) is 0. The Morgan fingerprint density at radius 3 is 2.45 bits per heavy atom. The third kappa shape index (κ3) is 3.60.